The highest BCUT2D eigenvalue weighted by atomic mass is 19.1. The van der Waals surface area contributed by atoms with Crippen molar-refractivity contribution in [2.75, 3.05) is 0 Å². The van der Waals surface area contributed by atoms with Crippen LogP contribution in [0.25, 0.3) is 10.9 Å². The number of amides is 2. The molecule has 2 aromatic heterocycles. The van der Waals surface area contributed by atoms with Crippen LogP contribution in [0.5, 0.6) is 0 Å². The van der Waals surface area contributed by atoms with E-state index in [0.29, 0.717) is 23.7 Å². The van der Waals surface area contributed by atoms with Crippen molar-refractivity contribution in [1.29, 1.82) is 0 Å². The summed E-state index contributed by atoms with van der Waals surface area (Å²) in [6, 6.07) is 7.32. The molecule has 0 saturated carbocycles. The number of H-pyrrole nitrogens is 1. The standard InChI is InChI=1S/C18H18FN5O2/c1-24-15(7-8-20-24)17-13(5-6-16(25)23-17)22-18(26)14-9-10-11(19)3-2-4-12(10)21-14/h2-4,7-9,13,17,21H,5-6H2,1H3,(H,22,26)(H,23,25)/t13-,17-/m1/s1. The number of hydrogen-bond acceptors (Lipinski definition) is 3. The lowest BCUT2D eigenvalue weighted by Gasteiger charge is -2.32. The average Bonchev–Trinajstić information content (AvgIpc) is 3.23. The molecule has 134 valence electrons. The van der Waals surface area contributed by atoms with Gasteiger partial charge in [-0.3, -0.25) is 14.3 Å². The van der Waals surface area contributed by atoms with Crippen LogP contribution in [0.3, 0.4) is 0 Å². The molecule has 4 rings (SSSR count). The van der Waals surface area contributed by atoms with Crippen LogP contribution in [0.15, 0.2) is 36.5 Å². The number of benzene rings is 1. The highest BCUT2D eigenvalue weighted by Crippen LogP contribution is 2.25. The Morgan fingerprint density at radius 3 is 2.96 bits per heavy atom. The van der Waals surface area contributed by atoms with Gasteiger partial charge in [0.15, 0.2) is 0 Å². The third-order valence-electron chi connectivity index (χ3n) is 4.75. The maximum absolute atomic E-state index is 13.8. The Balaban J connectivity index is 1.59. The molecule has 3 N–H and O–H groups in total. The molecule has 1 aliphatic heterocycles. The van der Waals surface area contributed by atoms with Gasteiger partial charge in [0, 0.05) is 30.6 Å². The molecule has 0 unspecified atom stereocenters. The summed E-state index contributed by atoms with van der Waals surface area (Å²) < 4.78 is 15.5. The molecule has 1 aromatic carbocycles. The van der Waals surface area contributed by atoms with Gasteiger partial charge < -0.3 is 15.6 Å². The summed E-state index contributed by atoms with van der Waals surface area (Å²) >= 11 is 0. The smallest absolute Gasteiger partial charge is 0.268 e. The number of carbonyl (C=O) groups excluding carboxylic acids is 2. The number of aromatic nitrogens is 3. The zero-order chi connectivity index (χ0) is 18.3. The minimum absolute atomic E-state index is 0.0608. The first-order valence-electron chi connectivity index (χ1n) is 8.38. The summed E-state index contributed by atoms with van der Waals surface area (Å²) in [7, 11) is 1.79. The number of rotatable bonds is 3. The van der Waals surface area contributed by atoms with E-state index in [1.165, 1.54) is 12.1 Å². The molecule has 1 fully saturated rings. The van der Waals surface area contributed by atoms with Gasteiger partial charge >= 0.3 is 0 Å². The zero-order valence-electron chi connectivity index (χ0n) is 14.1. The Hall–Kier alpha value is -3.16. The third kappa shape index (κ3) is 2.83. The van der Waals surface area contributed by atoms with Crippen molar-refractivity contribution in [2.45, 2.75) is 24.9 Å². The fourth-order valence-corrected chi connectivity index (χ4v) is 3.41. The van der Waals surface area contributed by atoms with Crippen LogP contribution in [0.1, 0.15) is 35.1 Å². The van der Waals surface area contributed by atoms with E-state index < -0.39 is 0 Å². The van der Waals surface area contributed by atoms with Crippen LogP contribution in [0.2, 0.25) is 0 Å². The highest BCUT2D eigenvalue weighted by Gasteiger charge is 2.33. The fourth-order valence-electron chi connectivity index (χ4n) is 3.41. The lowest BCUT2D eigenvalue weighted by atomic mass is 9.95. The summed E-state index contributed by atoms with van der Waals surface area (Å²) in [5.41, 5.74) is 1.66. The number of carbonyl (C=O) groups is 2. The van der Waals surface area contributed by atoms with E-state index in [2.05, 4.69) is 20.7 Å². The molecule has 2 atom stereocenters. The van der Waals surface area contributed by atoms with Gasteiger partial charge in [-0.1, -0.05) is 6.07 Å². The average molecular weight is 355 g/mol. The Morgan fingerprint density at radius 1 is 1.38 bits per heavy atom. The van der Waals surface area contributed by atoms with E-state index in [0.717, 1.165) is 5.69 Å². The maximum atomic E-state index is 13.8. The van der Waals surface area contributed by atoms with Crippen molar-refractivity contribution in [3.05, 3.63) is 53.7 Å². The van der Waals surface area contributed by atoms with Crippen molar-refractivity contribution < 1.29 is 14.0 Å². The molecule has 0 spiro atoms. The molecule has 1 saturated heterocycles. The van der Waals surface area contributed by atoms with Gasteiger partial charge in [-0.15, -0.1) is 0 Å². The van der Waals surface area contributed by atoms with Crippen LogP contribution < -0.4 is 10.6 Å². The van der Waals surface area contributed by atoms with Gasteiger partial charge in [0.1, 0.15) is 11.5 Å². The summed E-state index contributed by atoms with van der Waals surface area (Å²) in [5, 5.41) is 10.4. The van der Waals surface area contributed by atoms with E-state index in [-0.39, 0.29) is 35.4 Å². The molecule has 2 amide bonds. The van der Waals surface area contributed by atoms with Gasteiger partial charge in [-0.25, -0.2) is 4.39 Å². The van der Waals surface area contributed by atoms with Gasteiger partial charge in [0.05, 0.1) is 17.8 Å². The molecular formula is C18H18FN5O2. The highest BCUT2D eigenvalue weighted by molar-refractivity contribution is 5.98. The molecule has 26 heavy (non-hydrogen) atoms. The topological polar surface area (TPSA) is 91.8 Å². The Bertz CT molecular complexity index is 993. The molecule has 1 aliphatic rings. The summed E-state index contributed by atoms with van der Waals surface area (Å²) in [5.74, 6) is -0.779. The van der Waals surface area contributed by atoms with E-state index in [1.54, 1.807) is 30.1 Å². The van der Waals surface area contributed by atoms with Crippen molar-refractivity contribution in [2.24, 2.45) is 7.05 Å². The van der Waals surface area contributed by atoms with E-state index in [4.69, 9.17) is 0 Å². The Morgan fingerprint density at radius 2 is 2.23 bits per heavy atom. The summed E-state index contributed by atoms with van der Waals surface area (Å²) in [4.78, 5) is 27.4. The van der Waals surface area contributed by atoms with Crippen LogP contribution in [0.4, 0.5) is 4.39 Å². The number of nitrogens with one attached hydrogen (secondary N) is 3. The van der Waals surface area contributed by atoms with Gasteiger partial charge in [0.2, 0.25) is 5.91 Å². The Labute approximate surface area is 148 Å². The first kappa shape index (κ1) is 16.3. The number of hydrogen-bond donors (Lipinski definition) is 3. The summed E-state index contributed by atoms with van der Waals surface area (Å²) in [6.45, 7) is 0. The van der Waals surface area contributed by atoms with E-state index >= 15 is 0 Å². The van der Waals surface area contributed by atoms with Crippen LogP contribution >= 0.6 is 0 Å². The molecule has 0 radical (unpaired) electrons. The number of aromatic amines is 1. The van der Waals surface area contributed by atoms with E-state index in [9.17, 15) is 14.0 Å². The second-order valence-corrected chi connectivity index (χ2v) is 6.43. The predicted octanol–water partition coefficient (Wildman–Crippen LogP) is 1.79. The SMILES string of the molecule is Cn1nccc1[C@@H]1NC(=O)CC[C@H]1NC(=O)c1cc2c(F)cccc2[nH]1. The fraction of sp³-hybridized carbons (Fsp3) is 0.278. The van der Waals surface area contributed by atoms with Crippen molar-refractivity contribution in [1.82, 2.24) is 25.4 Å². The number of halogens is 1. The number of aryl methyl sites for hydroxylation is 1. The molecule has 3 heterocycles. The second-order valence-electron chi connectivity index (χ2n) is 6.43. The van der Waals surface area contributed by atoms with E-state index in [1.807, 2.05) is 6.07 Å². The molecule has 3 aromatic rings. The van der Waals surface area contributed by atoms with Crippen molar-refractivity contribution >= 4 is 22.7 Å². The minimum atomic E-state index is -0.379. The van der Waals surface area contributed by atoms with Crippen LogP contribution in [-0.2, 0) is 11.8 Å². The number of fused-ring (bicyclic) bond motifs is 1. The maximum Gasteiger partial charge on any atom is 0.268 e. The molecular weight excluding hydrogens is 337 g/mol. The Kier molecular flexibility index (Phi) is 3.95. The van der Waals surface area contributed by atoms with Crippen LogP contribution in [-0.4, -0.2) is 32.6 Å². The first-order valence-corrected chi connectivity index (χ1v) is 8.38. The quantitative estimate of drug-likeness (QED) is 0.669. The number of nitrogens with zero attached hydrogens (tertiary/aromatic N) is 2. The second kappa shape index (κ2) is 6.29. The monoisotopic (exact) mass is 355 g/mol. The minimum Gasteiger partial charge on any atom is -0.350 e. The first-order chi connectivity index (χ1) is 12.5. The molecule has 0 bridgehead atoms. The lowest BCUT2D eigenvalue weighted by molar-refractivity contribution is -0.123. The zero-order valence-corrected chi connectivity index (χ0v) is 14.1. The molecule has 0 aliphatic carbocycles. The third-order valence-corrected chi connectivity index (χ3v) is 4.75. The predicted molar refractivity (Wildman–Crippen MR) is 92.8 cm³/mol. The van der Waals surface area contributed by atoms with Crippen molar-refractivity contribution in [3.8, 4) is 0 Å². The van der Waals surface area contributed by atoms with Gasteiger partial charge in [-0.05, 0) is 30.7 Å². The van der Waals surface area contributed by atoms with Gasteiger partial charge in [-0.2, -0.15) is 5.10 Å². The number of piperidine rings is 1. The molecule has 7 nitrogen and oxygen atoms in total. The summed E-state index contributed by atoms with van der Waals surface area (Å²) in [6.07, 6.45) is 2.50. The largest absolute Gasteiger partial charge is 0.350 e. The lowest BCUT2D eigenvalue weighted by Crippen LogP contribution is -2.50. The normalized spacial score (nSPS) is 20.2. The van der Waals surface area contributed by atoms with Crippen molar-refractivity contribution in [3.63, 3.8) is 0 Å². The van der Waals surface area contributed by atoms with Gasteiger partial charge in [0.25, 0.3) is 5.91 Å². The van der Waals surface area contributed by atoms with Crippen LogP contribution in [0, 0.1) is 5.82 Å². The molecule has 8 heteroatoms.